The van der Waals surface area contributed by atoms with Gasteiger partial charge in [0.2, 0.25) is 0 Å². The zero-order valence-corrected chi connectivity index (χ0v) is 19.0. The van der Waals surface area contributed by atoms with Crippen LogP contribution in [-0.2, 0) is 21.2 Å². The number of aromatic nitrogens is 1. The lowest BCUT2D eigenvalue weighted by molar-refractivity contribution is -0.131. The lowest BCUT2D eigenvalue weighted by Gasteiger charge is -2.27. The van der Waals surface area contributed by atoms with E-state index in [2.05, 4.69) is 11.8 Å². The Morgan fingerprint density at radius 3 is 2.42 bits per heavy atom. The van der Waals surface area contributed by atoms with Crippen LogP contribution in [0.15, 0.2) is 36.5 Å². The fraction of sp³-hybridized carbons (Fsp3) is 0.364. The Labute approximate surface area is 191 Å². The molecule has 0 saturated heterocycles. The Bertz CT molecular complexity index is 1220. The monoisotopic (exact) mass is 475 g/mol. The molecule has 0 aliphatic carbocycles. The van der Waals surface area contributed by atoms with Crippen LogP contribution in [0.25, 0.3) is 0 Å². The van der Waals surface area contributed by atoms with Crippen LogP contribution in [0.2, 0.25) is 0 Å². The molecule has 0 bridgehead atoms. The van der Waals surface area contributed by atoms with Crippen molar-refractivity contribution in [1.29, 1.82) is 0 Å². The van der Waals surface area contributed by atoms with Crippen LogP contribution in [-0.4, -0.2) is 69.4 Å². The van der Waals surface area contributed by atoms with E-state index in [4.69, 9.17) is 10.3 Å². The first-order valence-corrected chi connectivity index (χ1v) is 11.9. The number of hydrogen-bond donors (Lipinski definition) is 4. The van der Waals surface area contributed by atoms with Gasteiger partial charge in [-0.3, -0.25) is 14.6 Å². The Morgan fingerprint density at radius 1 is 1.24 bits per heavy atom. The molecule has 2 atom stereocenters. The third kappa shape index (κ3) is 4.94. The smallest absolute Gasteiger partial charge is 0.328 e. The third-order valence-electron chi connectivity index (χ3n) is 5.81. The molecule has 2 aromatic rings. The zero-order chi connectivity index (χ0) is 24.4. The summed E-state index contributed by atoms with van der Waals surface area (Å²) in [5, 5.41) is 27.5. The standard InChI is InChI=1S/C22H25N3O7S/c1-22(20(28)23-30,33(2,31)32)9-10-24-13-18-11-16(12-25(18)21(24)29)4-3-15-5-7-17(8-6-15)19(27)14-26/h5-8,11-12,19,26-27,30H,9-10,13-14H2,1-2H3,(H,23,28)/t19-,22-/m1/s1. The van der Waals surface area contributed by atoms with Crippen LogP contribution in [0.3, 0.4) is 0 Å². The van der Waals surface area contributed by atoms with Gasteiger partial charge in [0.05, 0.1) is 13.2 Å². The van der Waals surface area contributed by atoms with Crippen LogP contribution in [0.5, 0.6) is 0 Å². The summed E-state index contributed by atoms with van der Waals surface area (Å²) in [6.07, 6.45) is 1.38. The van der Waals surface area contributed by atoms with Crippen molar-refractivity contribution >= 4 is 21.8 Å². The second-order valence-corrected chi connectivity index (χ2v) is 10.5. The molecule has 1 aliphatic heterocycles. The van der Waals surface area contributed by atoms with E-state index >= 15 is 0 Å². The van der Waals surface area contributed by atoms with Crippen molar-refractivity contribution in [2.24, 2.45) is 0 Å². The van der Waals surface area contributed by atoms with Gasteiger partial charge >= 0.3 is 6.03 Å². The highest BCUT2D eigenvalue weighted by atomic mass is 32.2. The molecule has 3 rings (SSSR count). The lowest BCUT2D eigenvalue weighted by atomic mass is 10.1. The van der Waals surface area contributed by atoms with Gasteiger partial charge in [0.15, 0.2) is 14.6 Å². The Morgan fingerprint density at radius 2 is 1.88 bits per heavy atom. The number of aliphatic hydroxyl groups excluding tert-OH is 2. The van der Waals surface area contributed by atoms with Crippen molar-refractivity contribution in [1.82, 2.24) is 14.9 Å². The number of rotatable bonds is 7. The molecule has 0 saturated carbocycles. The molecule has 10 nitrogen and oxygen atoms in total. The minimum atomic E-state index is -3.85. The fourth-order valence-corrected chi connectivity index (χ4v) is 4.28. The van der Waals surface area contributed by atoms with Crippen LogP contribution >= 0.6 is 0 Å². The summed E-state index contributed by atoms with van der Waals surface area (Å²) in [5.74, 6) is 4.90. The molecule has 0 fully saturated rings. The third-order valence-corrected chi connectivity index (χ3v) is 7.83. The Hall–Kier alpha value is -3.17. The molecule has 1 aromatic heterocycles. The number of carbonyl (C=O) groups excluding carboxylic acids is 2. The average molecular weight is 476 g/mol. The second-order valence-electron chi connectivity index (χ2n) is 8.06. The zero-order valence-electron chi connectivity index (χ0n) is 18.1. The van der Waals surface area contributed by atoms with Gasteiger partial charge in [0, 0.05) is 35.8 Å². The molecular formula is C22H25N3O7S. The average Bonchev–Trinajstić information content (AvgIpc) is 3.32. The first-order valence-electron chi connectivity index (χ1n) is 10.1. The molecule has 0 unspecified atom stereocenters. The molecule has 11 heteroatoms. The highest BCUT2D eigenvalue weighted by Crippen LogP contribution is 2.25. The Balaban J connectivity index is 1.69. The van der Waals surface area contributed by atoms with Gasteiger partial charge in [0.1, 0.15) is 6.10 Å². The maximum absolute atomic E-state index is 12.7. The summed E-state index contributed by atoms with van der Waals surface area (Å²) >= 11 is 0. The fourth-order valence-electron chi connectivity index (χ4n) is 3.44. The first kappa shape index (κ1) is 24.5. The molecule has 0 radical (unpaired) electrons. The lowest BCUT2D eigenvalue weighted by Crippen LogP contribution is -2.50. The minimum absolute atomic E-state index is 0.00452. The summed E-state index contributed by atoms with van der Waals surface area (Å²) in [6.45, 7) is 1.08. The van der Waals surface area contributed by atoms with Gasteiger partial charge < -0.3 is 15.1 Å². The van der Waals surface area contributed by atoms with E-state index in [0.29, 0.717) is 22.4 Å². The van der Waals surface area contributed by atoms with Gasteiger partial charge in [-0.1, -0.05) is 24.0 Å². The number of benzene rings is 1. The molecular weight excluding hydrogens is 450 g/mol. The van der Waals surface area contributed by atoms with Crippen molar-refractivity contribution in [2.45, 2.75) is 30.7 Å². The van der Waals surface area contributed by atoms with Crippen molar-refractivity contribution in [3.8, 4) is 11.8 Å². The number of nitrogens with one attached hydrogen (secondary N) is 1. The quantitative estimate of drug-likeness (QED) is 0.257. The SMILES string of the molecule is C[C@@](CCN1Cc2cc(C#Cc3ccc([C@H](O)CO)cc3)cn2C1=O)(C(=O)NO)S(C)(=O)=O. The number of sulfone groups is 1. The Kier molecular flexibility index (Phi) is 6.94. The van der Waals surface area contributed by atoms with E-state index in [-0.39, 0.29) is 32.1 Å². The van der Waals surface area contributed by atoms with Gasteiger partial charge in [-0.2, -0.15) is 0 Å². The van der Waals surface area contributed by atoms with E-state index in [1.54, 1.807) is 36.5 Å². The maximum Gasteiger partial charge on any atom is 0.328 e. The van der Waals surface area contributed by atoms with Crippen molar-refractivity contribution in [2.75, 3.05) is 19.4 Å². The number of hydrogen-bond acceptors (Lipinski definition) is 7. The van der Waals surface area contributed by atoms with Crippen molar-refractivity contribution < 1.29 is 33.4 Å². The predicted molar refractivity (Wildman–Crippen MR) is 118 cm³/mol. The van der Waals surface area contributed by atoms with Crippen molar-refractivity contribution in [3.05, 3.63) is 58.9 Å². The normalized spacial score (nSPS) is 15.9. The second kappa shape index (κ2) is 9.36. The molecule has 2 amide bonds. The first-order chi connectivity index (χ1) is 15.5. The van der Waals surface area contributed by atoms with E-state index in [9.17, 15) is 23.1 Å². The topological polar surface area (TPSA) is 149 Å². The van der Waals surface area contributed by atoms with Gasteiger partial charge in [-0.25, -0.2) is 18.7 Å². The van der Waals surface area contributed by atoms with E-state index < -0.39 is 26.6 Å². The largest absolute Gasteiger partial charge is 0.393 e. The van der Waals surface area contributed by atoms with E-state index in [0.717, 1.165) is 6.26 Å². The summed E-state index contributed by atoms with van der Waals surface area (Å²) in [5.41, 5.74) is 3.98. The van der Waals surface area contributed by atoms with Gasteiger partial charge in [-0.05, 0) is 37.1 Å². The maximum atomic E-state index is 12.7. The molecule has 33 heavy (non-hydrogen) atoms. The van der Waals surface area contributed by atoms with Gasteiger partial charge in [-0.15, -0.1) is 0 Å². The van der Waals surface area contributed by atoms with E-state index in [1.807, 2.05) is 0 Å². The number of fused-ring (bicyclic) bond motifs is 1. The van der Waals surface area contributed by atoms with Crippen LogP contribution in [0.4, 0.5) is 4.79 Å². The molecule has 4 N–H and O–H groups in total. The van der Waals surface area contributed by atoms with Crippen LogP contribution < -0.4 is 5.48 Å². The van der Waals surface area contributed by atoms with Crippen molar-refractivity contribution in [3.63, 3.8) is 0 Å². The number of aliphatic hydroxyl groups is 2. The predicted octanol–water partition coefficient (Wildman–Crippen LogP) is 0.396. The molecule has 176 valence electrons. The number of amides is 2. The number of hydroxylamine groups is 1. The van der Waals surface area contributed by atoms with Gasteiger partial charge in [0.25, 0.3) is 5.91 Å². The summed E-state index contributed by atoms with van der Waals surface area (Å²) < 4.78 is 23.7. The summed E-state index contributed by atoms with van der Waals surface area (Å²) in [7, 11) is -3.85. The molecule has 1 aromatic carbocycles. The number of nitrogens with zero attached hydrogens (tertiary/aromatic N) is 2. The molecule has 1 aliphatic rings. The minimum Gasteiger partial charge on any atom is -0.393 e. The van der Waals surface area contributed by atoms with E-state index in [1.165, 1.54) is 21.9 Å². The molecule has 2 heterocycles. The highest BCUT2D eigenvalue weighted by Gasteiger charge is 2.44. The van der Waals surface area contributed by atoms with Crippen LogP contribution in [0, 0.1) is 11.8 Å². The highest BCUT2D eigenvalue weighted by molar-refractivity contribution is 7.92. The summed E-state index contributed by atoms with van der Waals surface area (Å²) in [4.78, 5) is 26.1. The molecule has 0 spiro atoms. The summed E-state index contributed by atoms with van der Waals surface area (Å²) in [6, 6.07) is 8.19. The number of carbonyl (C=O) groups is 2. The van der Waals surface area contributed by atoms with Crippen LogP contribution in [0.1, 0.15) is 41.8 Å².